The Morgan fingerprint density at radius 1 is 1.00 bits per heavy atom. The fourth-order valence-electron chi connectivity index (χ4n) is 3.57. The van der Waals surface area contributed by atoms with Gasteiger partial charge in [-0.25, -0.2) is 4.39 Å². The minimum Gasteiger partial charge on any atom is -0.508 e. The van der Waals surface area contributed by atoms with Crippen molar-refractivity contribution in [2.24, 2.45) is 0 Å². The lowest BCUT2D eigenvalue weighted by atomic mass is 9.87. The number of phenolic OH excluding ortho intramolecular Hbond substituents is 1. The molecular formula is C22H18FNO2. The van der Waals surface area contributed by atoms with Crippen LogP contribution in [0.25, 0.3) is 0 Å². The SMILES string of the molecule is O=C(c1ccccc1)N1CCc2ccc(O)cc2C1c1ccc(F)cc1. The van der Waals surface area contributed by atoms with Crippen molar-refractivity contribution in [1.82, 2.24) is 4.90 Å². The molecule has 1 aliphatic heterocycles. The van der Waals surface area contributed by atoms with E-state index < -0.39 is 0 Å². The highest BCUT2D eigenvalue weighted by molar-refractivity contribution is 5.95. The second-order valence-corrected chi connectivity index (χ2v) is 6.45. The molecule has 1 aliphatic rings. The molecule has 130 valence electrons. The molecule has 3 aromatic carbocycles. The van der Waals surface area contributed by atoms with Gasteiger partial charge in [-0.05, 0) is 59.5 Å². The summed E-state index contributed by atoms with van der Waals surface area (Å²) in [6.45, 7) is 0.563. The maximum Gasteiger partial charge on any atom is 0.254 e. The van der Waals surface area contributed by atoms with Crippen LogP contribution < -0.4 is 0 Å². The third-order valence-corrected chi connectivity index (χ3v) is 4.83. The first kappa shape index (κ1) is 16.3. The monoisotopic (exact) mass is 347 g/mol. The van der Waals surface area contributed by atoms with Crippen molar-refractivity contribution in [2.75, 3.05) is 6.54 Å². The lowest BCUT2D eigenvalue weighted by Gasteiger charge is -2.38. The Morgan fingerprint density at radius 2 is 1.73 bits per heavy atom. The van der Waals surface area contributed by atoms with Gasteiger partial charge in [0.15, 0.2) is 0 Å². The minimum atomic E-state index is -0.362. The minimum absolute atomic E-state index is 0.0751. The predicted octanol–water partition coefficient (Wildman–Crippen LogP) is 4.32. The fourth-order valence-corrected chi connectivity index (χ4v) is 3.57. The van der Waals surface area contributed by atoms with Gasteiger partial charge in [0.25, 0.3) is 5.91 Å². The van der Waals surface area contributed by atoms with E-state index in [1.165, 1.54) is 12.1 Å². The van der Waals surface area contributed by atoms with E-state index in [0.717, 1.165) is 16.7 Å². The Kier molecular flexibility index (Phi) is 4.17. The van der Waals surface area contributed by atoms with Gasteiger partial charge in [0.05, 0.1) is 6.04 Å². The van der Waals surface area contributed by atoms with Gasteiger partial charge in [-0.1, -0.05) is 36.4 Å². The van der Waals surface area contributed by atoms with Gasteiger partial charge in [0.1, 0.15) is 11.6 Å². The molecule has 1 heterocycles. The van der Waals surface area contributed by atoms with E-state index in [9.17, 15) is 14.3 Å². The molecule has 0 saturated heterocycles. The summed E-state index contributed by atoms with van der Waals surface area (Å²) in [6.07, 6.45) is 0.714. The lowest BCUT2D eigenvalue weighted by molar-refractivity contribution is 0.0694. The summed E-state index contributed by atoms with van der Waals surface area (Å²) in [6, 6.07) is 20.2. The second kappa shape index (κ2) is 6.64. The summed E-state index contributed by atoms with van der Waals surface area (Å²) < 4.78 is 13.4. The Bertz CT molecular complexity index is 938. The van der Waals surface area contributed by atoms with Gasteiger partial charge in [-0.15, -0.1) is 0 Å². The van der Waals surface area contributed by atoms with Crippen molar-refractivity contribution in [1.29, 1.82) is 0 Å². The third kappa shape index (κ3) is 2.94. The zero-order chi connectivity index (χ0) is 18.1. The average molecular weight is 347 g/mol. The number of hydrogen-bond acceptors (Lipinski definition) is 2. The number of amides is 1. The molecule has 26 heavy (non-hydrogen) atoms. The summed E-state index contributed by atoms with van der Waals surface area (Å²) in [7, 11) is 0. The summed E-state index contributed by atoms with van der Waals surface area (Å²) in [5, 5.41) is 9.98. The molecule has 0 radical (unpaired) electrons. The van der Waals surface area contributed by atoms with Crippen molar-refractivity contribution in [3.8, 4) is 5.75 Å². The van der Waals surface area contributed by atoms with E-state index >= 15 is 0 Å². The number of carbonyl (C=O) groups is 1. The summed E-state index contributed by atoms with van der Waals surface area (Å²) in [4.78, 5) is 14.9. The normalized spacial score (nSPS) is 16.2. The van der Waals surface area contributed by atoms with Crippen molar-refractivity contribution in [3.63, 3.8) is 0 Å². The Hall–Kier alpha value is -3.14. The van der Waals surface area contributed by atoms with Crippen LogP contribution in [0.5, 0.6) is 5.75 Å². The Morgan fingerprint density at radius 3 is 2.46 bits per heavy atom. The highest BCUT2D eigenvalue weighted by atomic mass is 19.1. The van der Waals surface area contributed by atoms with Gasteiger partial charge in [-0.3, -0.25) is 4.79 Å². The number of fused-ring (bicyclic) bond motifs is 1. The van der Waals surface area contributed by atoms with E-state index in [1.54, 1.807) is 41.3 Å². The largest absolute Gasteiger partial charge is 0.508 e. The summed E-state index contributed by atoms with van der Waals surface area (Å²) >= 11 is 0. The van der Waals surface area contributed by atoms with Crippen LogP contribution in [0.15, 0.2) is 72.8 Å². The summed E-state index contributed by atoms with van der Waals surface area (Å²) in [5.41, 5.74) is 3.41. The zero-order valence-electron chi connectivity index (χ0n) is 14.1. The highest BCUT2D eigenvalue weighted by Gasteiger charge is 2.32. The van der Waals surface area contributed by atoms with Crippen LogP contribution in [0.4, 0.5) is 4.39 Å². The standard InChI is InChI=1S/C22H18FNO2/c23-18-9-6-16(7-10-18)21-20-14-19(25)11-8-15(20)12-13-24(21)22(26)17-4-2-1-3-5-17/h1-11,14,21,25H,12-13H2. The number of hydrogen-bond donors (Lipinski definition) is 1. The summed E-state index contributed by atoms with van der Waals surface area (Å²) in [5.74, 6) is -0.236. The Labute approximate surface area is 151 Å². The van der Waals surface area contributed by atoms with Crippen LogP contribution in [0, 0.1) is 5.82 Å². The molecule has 0 bridgehead atoms. The predicted molar refractivity (Wildman–Crippen MR) is 97.5 cm³/mol. The van der Waals surface area contributed by atoms with Crippen molar-refractivity contribution in [3.05, 3.63) is 101 Å². The van der Waals surface area contributed by atoms with E-state index in [0.29, 0.717) is 18.5 Å². The van der Waals surface area contributed by atoms with Crippen LogP contribution in [-0.2, 0) is 6.42 Å². The number of benzene rings is 3. The van der Waals surface area contributed by atoms with Gasteiger partial charge in [0.2, 0.25) is 0 Å². The van der Waals surface area contributed by atoms with Gasteiger partial charge in [0, 0.05) is 12.1 Å². The first-order valence-corrected chi connectivity index (χ1v) is 8.57. The molecule has 0 aliphatic carbocycles. The number of rotatable bonds is 2. The quantitative estimate of drug-likeness (QED) is 0.750. The number of nitrogens with zero attached hydrogens (tertiary/aromatic N) is 1. The number of aromatic hydroxyl groups is 1. The van der Waals surface area contributed by atoms with E-state index in [2.05, 4.69) is 0 Å². The van der Waals surface area contributed by atoms with E-state index in [-0.39, 0.29) is 23.5 Å². The van der Waals surface area contributed by atoms with Crippen LogP contribution in [0.2, 0.25) is 0 Å². The second-order valence-electron chi connectivity index (χ2n) is 6.45. The maximum absolute atomic E-state index is 13.4. The molecule has 1 atom stereocenters. The van der Waals surface area contributed by atoms with Crippen LogP contribution in [0.1, 0.15) is 33.1 Å². The molecule has 1 unspecified atom stereocenters. The first-order chi connectivity index (χ1) is 12.6. The van der Waals surface area contributed by atoms with Crippen molar-refractivity contribution in [2.45, 2.75) is 12.5 Å². The molecule has 0 aromatic heterocycles. The first-order valence-electron chi connectivity index (χ1n) is 8.57. The molecule has 1 amide bonds. The van der Waals surface area contributed by atoms with Gasteiger partial charge in [-0.2, -0.15) is 0 Å². The molecule has 3 aromatic rings. The molecule has 4 heteroatoms. The van der Waals surface area contributed by atoms with E-state index in [4.69, 9.17) is 0 Å². The van der Waals surface area contributed by atoms with Gasteiger partial charge < -0.3 is 10.0 Å². The van der Waals surface area contributed by atoms with Gasteiger partial charge >= 0.3 is 0 Å². The lowest BCUT2D eigenvalue weighted by Crippen LogP contribution is -2.40. The molecule has 3 nitrogen and oxygen atoms in total. The molecular weight excluding hydrogens is 329 g/mol. The average Bonchev–Trinajstić information content (AvgIpc) is 2.68. The number of phenols is 1. The third-order valence-electron chi connectivity index (χ3n) is 4.83. The number of carbonyl (C=O) groups excluding carboxylic acids is 1. The fraction of sp³-hybridized carbons (Fsp3) is 0.136. The molecule has 0 fully saturated rings. The highest BCUT2D eigenvalue weighted by Crippen LogP contribution is 2.37. The molecule has 0 saturated carbocycles. The molecule has 0 spiro atoms. The Balaban J connectivity index is 1.83. The molecule has 4 rings (SSSR count). The van der Waals surface area contributed by atoms with E-state index in [1.807, 2.05) is 24.3 Å². The smallest absolute Gasteiger partial charge is 0.254 e. The van der Waals surface area contributed by atoms with Crippen LogP contribution >= 0.6 is 0 Å². The number of halogens is 1. The topological polar surface area (TPSA) is 40.5 Å². The van der Waals surface area contributed by atoms with Crippen molar-refractivity contribution >= 4 is 5.91 Å². The zero-order valence-corrected chi connectivity index (χ0v) is 14.1. The van der Waals surface area contributed by atoms with Crippen molar-refractivity contribution < 1.29 is 14.3 Å². The van der Waals surface area contributed by atoms with Crippen LogP contribution in [0.3, 0.4) is 0 Å². The maximum atomic E-state index is 13.4. The molecule has 1 N–H and O–H groups in total. The van der Waals surface area contributed by atoms with Crippen LogP contribution in [-0.4, -0.2) is 22.5 Å².